The molecule has 9 heteroatoms. The number of amides is 1. The number of fused-ring (bicyclic) bond motifs is 1. The number of alkyl halides is 3. The molecule has 1 aromatic carbocycles. The summed E-state index contributed by atoms with van der Waals surface area (Å²) in [6.45, 7) is 0.272. The van der Waals surface area contributed by atoms with Crippen LogP contribution in [0.3, 0.4) is 0 Å². The summed E-state index contributed by atoms with van der Waals surface area (Å²) < 4.78 is 38.8. The Balaban J connectivity index is 2.25. The van der Waals surface area contributed by atoms with Crippen molar-refractivity contribution >= 4 is 28.6 Å². The van der Waals surface area contributed by atoms with E-state index in [9.17, 15) is 18.0 Å². The van der Waals surface area contributed by atoms with Crippen molar-refractivity contribution in [1.29, 1.82) is 5.26 Å². The molecule has 2 aromatic rings. The average Bonchev–Trinajstić information content (AvgIpc) is 2.56. The number of para-hydroxylation sites is 1. The van der Waals surface area contributed by atoms with Gasteiger partial charge in [0.25, 0.3) is 0 Å². The second-order valence-electron chi connectivity index (χ2n) is 4.88. The van der Waals surface area contributed by atoms with Gasteiger partial charge >= 0.3 is 6.18 Å². The largest absolute Gasteiger partial charge is 0.451 e. The van der Waals surface area contributed by atoms with Gasteiger partial charge in [-0.15, -0.1) is 0 Å². The molecule has 0 unspecified atom stereocenters. The highest BCUT2D eigenvalue weighted by Crippen LogP contribution is 2.32. The maximum absolute atomic E-state index is 12.9. The fourth-order valence-corrected chi connectivity index (χ4v) is 2.83. The molecule has 1 amide bonds. The van der Waals surface area contributed by atoms with Crippen LogP contribution < -0.4 is 0 Å². The summed E-state index contributed by atoms with van der Waals surface area (Å²) in [7, 11) is 1.54. The minimum absolute atomic E-state index is 0.0692. The number of carbonyl (C=O) groups is 1. The highest BCUT2D eigenvalue weighted by molar-refractivity contribution is 8.00. The van der Waals surface area contributed by atoms with Gasteiger partial charge in [-0.1, -0.05) is 30.0 Å². The number of thioether (sulfide) groups is 1. The lowest BCUT2D eigenvalue weighted by Gasteiger charge is -2.15. The molecule has 0 saturated carbocycles. The van der Waals surface area contributed by atoms with Gasteiger partial charge in [-0.3, -0.25) is 4.79 Å². The smallest absolute Gasteiger partial charge is 0.344 e. The maximum atomic E-state index is 12.9. The first-order valence-electron chi connectivity index (χ1n) is 6.90. The second-order valence-corrected chi connectivity index (χ2v) is 5.84. The fraction of sp³-hybridized carbons (Fsp3) is 0.333. The van der Waals surface area contributed by atoms with Crippen molar-refractivity contribution in [2.75, 3.05) is 19.3 Å². The zero-order valence-electron chi connectivity index (χ0n) is 12.7. The van der Waals surface area contributed by atoms with Crippen molar-refractivity contribution in [3.8, 4) is 6.07 Å². The van der Waals surface area contributed by atoms with E-state index in [1.54, 1.807) is 25.2 Å². The Hall–Kier alpha value is -2.34. The van der Waals surface area contributed by atoms with Crippen LogP contribution in [0.1, 0.15) is 12.2 Å². The van der Waals surface area contributed by atoms with Crippen LogP contribution in [-0.2, 0) is 11.0 Å². The molecular weight excluding hydrogens is 341 g/mol. The molecule has 0 bridgehead atoms. The fourth-order valence-electron chi connectivity index (χ4n) is 1.87. The van der Waals surface area contributed by atoms with Crippen molar-refractivity contribution < 1.29 is 18.0 Å². The third kappa shape index (κ3) is 4.35. The van der Waals surface area contributed by atoms with Crippen LogP contribution >= 0.6 is 11.8 Å². The van der Waals surface area contributed by atoms with Crippen molar-refractivity contribution in [2.45, 2.75) is 17.6 Å². The summed E-state index contributed by atoms with van der Waals surface area (Å²) in [5.74, 6) is -1.58. The second kappa shape index (κ2) is 7.49. The normalized spacial score (nSPS) is 11.3. The number of hydrogen-bond acceptors (Lipinski definition) is 5. The molecule has 0 saturated heterocycles. The summed E-state index contributed by atoms with van der Waals surface area (Å²) >= 11 is 0.925. The Morgan fingerprint density at radius 3 is 2.71 bits per heavy atom. The maximum Gasteiger partial charge on any atom is 0.451 e. The predicted molar refractivity (Wildman–Crippen MR) is 83.1 cm³/mol. The lowest BCUT2D eigenvalue weighted by molar-refractivity contribution is -0.145. The van der Waals surface area contributed by atoms with Gasteiger partial charge in [0.2, 0.25) is 11.7 Å². The molecule has 0 N–H and O–H groups in total. The van der Waals surface area contributed by atoms with E-state index in [0.29, 0.717) is 5.39 Å². The summed E-state index contributed by atoms with van der Waals surface area (Å²) in [5, 5.41) is 9.08. The van der Waals surface area contributed by atoms with Crippen LogP contribution in [0, 0.1) is 11.3 Å². The molecule has 0 aliphatic carbocycles. The summed E-state index contributed by atoms with van der Waals surface area (Å²) in [4.78, 5) is 20.4. The monoisotopic (exact) mass is 354 g/mol. The molecule has 126 valence electrons. The first-order valence-corrected chi connectivity index (χ1v) is 7.89. The minimum atomic E-state index is -4.66. The summed E-state index contributed by atoms with van der Waals surface area (Å²) in [5.41, 5.74) is 0.174. The van der Waals surface area contributed by atoms with Gasteiger partial charge in [0.1, 0.15) is 5.03 Å². The van der Waals surface area contributed by atoms with Crippen LogP contribution in [0.5, 0.6) is 0 Å². The number of hydrogen-bond donors (Lipinski definition) is 0. The SMILES string of the molecule is CN(CCC#N)C(=O)CSc1nc(C(F)(F)F)nc2ccccc12. The molecule has 1 aromatic heterocycles. The number of halogens is 3. The summed E-state index contributed by atoms with van der Waals surface area (Å²) in [6, 6.07) is 8.27. The molecule has 24 heavy (non-hydrogen) atoms. The molecule has 0 spiro atoms. The number of nitriles is 1. The van der Waals surface area contributed by atoms with E-state index in [1.807, 2.05) is 6.07 Å². The highest BCUT2D eigenvalue weighted by atomic mass is 32.2. The lowest BCUT2D eigenvalue weighted by atomic mass is 10.2. The molecule has 1 heterocycles. The average molecular weight is 354 g/mol. The van der Waals surface area contributed by atoms with Gasteiger partial charge < -0.3 is 4.90 Å². The Labute approximate surface area is 140 Å². The first kappa shape index (κ1) is 18.0. The zero-order chi connectivity index (χ0) is 17.7. The van der Waals surface area contributed by atoms with E-state index in [4.69, 9.17) is 5.26 Å². The van der Waals surface area contributed by atoms with E-state index in [0.717, 1.165) is 11.8 Å². The Kier molecular flexibility index (Phi) is 5.62. The number of carbonyl (C=O) groups excluding carboxylic acids is 1. The van der Waals surface area contributed by atoms with Crippen LogP contribution in [0.4, 0.5) is 13.2 Å². The van der Waals surface area contributed by atoms with Crippen molar-refractivity contribution in [1.82, 2.24) is 14.9 Å². The molecule has 0 aliphatic rings. The third-order valence-electron chi connectivity index (χ3n) is 3.14. The van der Waals surface area contributed by atoms with E-state index < -0.39 is 12.0 Å². The van der Waals surface area contributed by atoms with E-state index in [1.165, 1.54) is 11.0 Å². The predicted octanol–water partition coefficient (Wildman–Crippen LogP) is 3.11. The lowest BCUT2D eigenvalue weighted by Crippen LogP contribution is -2.29. The van der Waals surface area contributed by atoms with Crippen molar-refractivity contribution in [3.63, 3.8) is 0 Å². The van der Waals surface area contributed by atoms with Gasteiger partial charge in [0.05, 0.1) is 23.8 Å². The molecular formula is C15H13F3N4OS. The van der Waals surface area contributed by atoms with Crippen LogP contribution in [0.25, 0.3) is 10.9 Å². The van der Waals surface area contributed by atoms with E-state index >= 15 is 0 Å². The zero-order valence-corrected chi connectivity index (χ0v) is 13.5. The standard InChI is InChI=1S/C15H13F3N4OS/c1-22(8-4-7-19)12(23)9-24-13-10-5-2-3-6-11(10)20-14(21-13)15(16,17)18/h2-3,5-6H,4,8-9H2,1H3. The first-order chi connectivity index (χ1) is 11.3. The third-order valence-corrected chi connectivity index (χ3v) is 4.11. The molecule has 0 aliphatic heterocycles. The molecule has 0 fully saturated rings. The number of aromatic nitrogens is 2. The van der Waals surface area contributed by atoms with Crippen LogP contribution in [-0.4, -0.2) is 40.1 Å². The van der Waals surface area contributed by atoms with Gasteiger partial charge in [-0.05, 0) is 6.07 Å². The van der Waals surface area contributed by atoms with Gasteiger partial charge in [-0.25, -0.2) is 9.97 Å². The Morgan fingerprint density at radius 2 is 2.04 bits per heavy atom. The van der Waals surface area contributed by atoms with Crippen LogP contribution in [0.2, 0.25) is 0 Å². The van der Waals surface area contributed by atoms with E-state index in [-0.39, 0.29) is 35.2 Å². The summed E-state index contributed by atoms with van der Waals surface area (Å²) in [6.07, 6.45) is -4.46. The quantitative estimate of drug-likeness (QED) is 0.609. The van der Waals surface area contributed by atoms with Crippen LogP contribution in [0.15, 0.2) is 29.3 Å². The number of nitrogens with zero attached hydrogens (tertiary/aromatic N) is 4. The van der Waals surface area contributed by atoms with Gasteiger partial charge in [-0.2, -0.15) is 18.4 Å². The Morgan fingerprint density at radius 1 is 1.33 bits per heavy atom. The molecule has 2 rings (SSSR count). The van der Waals surface area contributed by atoms with Crippen molar-refractivity contribution in [3.05, 3.63) is 30.1 Å². The molecule has 0 atom stereocenters. The topological polar surface area (TPSA) is 69.9 Å². The number of rotatable bonds is 5. The van der Waals surface area contributed by atoms with Crippen molar-refractivity contribution in [2.24, 2.45) is 0 Å². The Bertz CT molecular complexity index is 788. The number of benzene rings is 1. The van der Waals surface area contributed by atoms with E-state index in [2.05, 4.69) is 9.97 Å². The molecule has 0 radical (unpaired) electrons. The minimum Gasteiger partial charge on any atom is -0.344 e. The van der Waals surface area contributed by atoms with Gasteiger partial charge in [0.15, 0.2) is 0 Å². The van der Waals surface area contributed by atoms with Gasteiger partial charge in [0, 0.05) is 19.0 Å². The molecule has 5 nitrogen and oxygen atoms in total. The highest BCUT2D eigenvalue weighted by Gasteiger charge is 2.35.